The third-order valence-corrected chi connectivity index (χ3v) is 3.69. The zero-order valence-electron chi connectivity index (χ0n) is 11.0. The van der Waals surface area contributed by atoms with Crippen LogP contribution >= 0.6 is 0 Å². The molecule has 1 aliphatic rings. The monoisotopic (exact) mass is 266 g/mol. The summed E-state index contributed by atoms with van der Waals surface area (Å²) in [4.78, 5) is 11.4. The van der Waals surface area contributed by atoms with Gasteiger partial charge >= 0.3 is 5.97 Å². The third kappa shape index (κ3) is 3.04. The zero-order chi connectivity index (χ0) is 13.8. The highest BCUT2D eigenvalue weighted by molar-refractivity contribution is 5.90. The van der Waals surface area contributed by atoms with Gasteiger partial charge < -0.3 is 15.8 Å². The van der Waals surface area contributed by atoms with Crippen molar-refractivity contribution in [2.24, 2.45) is 11.7 Å². The second kappa shape index (κ2) is 6.02. The SMILES string of the molecule is COC(=O)c1ccc(F)c(NC2CCCC2CN)c1. The van der Waals surface area contributed by atoms with Crippen LogP contribution in [0.15, 0.2) is 18.2 Å². The molecule has 1 aliphatic carbocycles. The van der Waals surface area contributed by atoms with Crippen LogP contribution in [0.4, 0.5) is 10.1 Å². The summed E-state index contributed by atoms with van der Waals surface area (Å²) in [6, 6.07) is 4.36. The smallest absolute Gasteiger partial charge is 0.337 e. The highest BCUT2D eigenvalue weighted by Gasteiger charge is 2.26. The minimum atomic E-state index is -0.468. The Kier molecular flexibility index (Phi) is 4.37. The van der Waals surface area contributed by atoms with Crippen molar-refractivity contribution in [1.82, 2.24) is 0 Å². The van der Waals surface area contributed by atoms with E-state index in [4.69, 9.17) is 5.73 Å². The van der Waals surface area contributed by atoms with Crippen molar-refractivity contribution in [1.29, 1.82) is 0 Å². The number of rotatable bonds is 4. The van der Waals surface area contributed by atoms with Crippen LogP contribution < -0.4 is 11.1 Å². The quantitative estimate of drug-likeness (QED) is 0.820. The molecule has 0 saturated heterocycles. The average molecular weight is 266 g/mol. The van der Waals surface area contributed by atoms with E-state index in [1.165, 1.54) is 25.3 Å². The van der Waals surface area contributed by atoms with Crippen LogP contribution in [0, 0.1) is 11.7 Å². The summed E-state index contributed by atoms with van der Waals surface area (Å²) in [5.74, 6) is -0.471. The second-order valence-electron chi connectivity index (χ2n) is 4.86. The summed E-state index contributed by atoms with van der Waals surface area (Å²) >= 11 is 0. The first kappa shape index (κ1) is 13.8. The van der Waals surface area contributed by atoms with Gasteiger partial charge in [0, 0.05) is 6.04 Å². The first-order valence-electron chi connectivity index (χ1n) is 6.50. The number of hydrogen-bond donors (Lipinski definition) is 2. The van der Waals surface area contributed by atoms with E-state index >= 15 is 0 Å². The molecule has 3 N–H and O–H groups in total. The molecule has 2 atom stereocenters. The van der Waals surface area contributed by atoms with Crippen molar-refractivity contribution in [3.63, 3.8) is 0 Å². The lowest BCUT2D eigenvalue weighted by atomic mass is 10.0. The first-order chi connectivity index (χ1) is 9.15. The molecule has 0 amide bonds. The van der Waals surface area contributed by atoms with E-state index in [9.17, 15) is 9.18 Å². The Bertz CT molecular complexity index is 465. The van der Waals surface area contributed by atoms with E-state index < -0.39 is 5.97 Å². The van der Waals surface area contributed by atoms with Crippen LogP contribution in [0.5, 0.6) is 0 Å². The summed E-state index contributed by atoms with van der Waals surface area (Å²) < 4.78 is 18.4. The predicted molar refractivity (Wildman–Crippen MR) is 71.5 cm³/mol. The molecule has 1 aromatic carbocycles. The number of halogens is 1. The third-order valence-electron chi connectivity index (χ3n) is 3.69. The minimum Gasteiger partial charge on any atom is -0.465 e. The van der Waals surface area contributed by atoms with Crippen molar-refractivity contribution >= 4 is 11.7 Å². The normalized spacial score (nSPS) is 22.3. The van der Waals surface area contributed by atoms with Gasteiger partial charge in [0.2, 0.25) is 0 Å². The number of carbonyl (C=O) groups is 1. The molecule has 2 rings (SSSR count). The molecule has 5 heteroatoms. The van der Waals surface area contributed by atoms with Gasteiger partial charge in [-0.05, 0) is 43.5 Å². The molecular weight excluding hydrogens is 247 g/mol. The maximum atomic E-state index is 13.8. The fourth-order valence-electron chi connectivity index (χ4n) is 2.59. The maximum Gasteiger partial charge on any atom is 0.337 e. The number of nitrogens with two attached hydrogens (primary N) is 1. The molecule has 0 aliphatic heterocycles. The number of benzene rings is 1. The molecule has 1 aromatic rings. The minimum absolute atomic E-state index is 0.174. The van der Waals surface area contributed by atoms with Gasteiger partial charge in [0.15, 0.2) is 0 Å². The molecule has 0 spiro atoms. The van der Waals surface area contributed by atoms with E-state index in [-0.39, 0.29) is 11.9 Å². The molecular formula is C14H19FN2O2. The molecule has 0 bridgehead atoms. The van der Waals surface area contributed by atoms with Gasteiger partial charge in [-0.1, -0.05) is 6.42 Å². The topological polar surface area (TPSA) is 64.3 Å². The largest absolute Gasteiger partial charge is 0.465 e. The van der Waals surface area contributed by atoms with Gasteiger partial charge in [-0.15, -0.1) is 0 Å². The summed E-state index contributed by atoms with van der Waals surface area (Å²) in [7, 11) is 1.31. The molecule has 4 nitrogen and oxygen atoms in total. The van der Waals surface area contributed by atoms with Crippen molar-refractivity contribution in [2.45, 2.75) is 25.3 Å². The number of esters is 1. The van der Waals surface area contributed by atoms with Crippen molar-refractivity contribution in [3.8, 4) is 0 Å². The fourth-order valence-corrected chi connectivity index (χ4v) is 2.59. The van der Waals surface area contributed by atoms with E-state index in [1.807, 2.05) is 0 Å². The highest BCUT2D eigenvalue weighted by atomic mass is 19.1. The molecule has 104 valence electrons. The van der Waals surface area contributed by atoms with Crippen LogP contribution in [-0.4, -0.2) is 25.7 Å². The summed E-state index contributed by atoms with van der Waals surface area (Å²) in [5, 5.41) is 3.17. The number of methoxy groups -OCH3 is 1. The van der Waals surface area contributed by atoms with Crippen LogP contribution in [-0.2, 0) is 4.74 Å². The summed E-state index contributed by atoms with van der Waals surface area (Å²) in [6.07, 6.45) is 3.13. The average Bonchev–Trinajstić information content (AvgIpc) is 2.87. The summed E-state index contributed by atoms with van der Waals surface area (Å²) in [6.45, 7) is 0.593. The van der Waals surface area contributed by atoms with Gasteiger partial charge in [-0.2, -0.15) is 0 Å². The molecule has 2 unspecified atom stereocenters. The lowest BCUT2D eigenvalue weighted by Crippen LogP contribution is -2.29. The van der Waals surface area contributed by atoms with E-state index in [0.717, 1.165) is 19.3 Å². The Balaban J connectivity index is 2.17. The van der Waals surface area contributed by atoms with E-state index in [2.05, 4.69) is 10.1 Å². The predicted octanol–water partition coefficient (Wildman–Crippen LogP) is 2.15. The zero-order valence-corrected chi connectivity index (χ0v) is 11.0. The standard InChI is InChI=1S/C14H19FN2O2/c1-19-14(18)9-5-6-11(15)13(7-9)17-12-4-2-3-10(12)8-16/h5-7,10,12,17H,2-4,8,16H2,1H3. The Labute approximate surface area is 112 Å². The molecule has 0 aromatic heterocycles. The summed E-state index contributed by atoms with van der Waals surface area (Å²) in [5.41, 5.74) is 6.39. The lowest BCUT2D eigenvalue weighted by molar-refractivity contribution is 0.0600. The van der Waals surface area contributed by atoms with Gasteiger partial charge in [0.25, 0.3) is 0 Å². The molecule has 19 heavy (non-hydrogen) atoms. The molecule has 1 fully saturated rings. The number of ether oxygens (including phenoxy) is 1. The Morgan fingerprint density at radius 3 is 3.00 bits per heavy atom. The molecule has 0 heterocycles. The maximum absolute atomic E-state index is 13.8. The number of carbonyl (C=O) groups excluding carboxylic acids is 1. The number of hydrogen-bond acceptors (Lipinski definition) is 4. The number of nitrogens with one attached hydrogen (secondary N) is 1. The molecule has 1 saturated carbocycles. The van der Waals surface area contributed by atoms with Gasteiger partial charge in [-0.3, -0.25) is 0 Å². The highest BCUT2D eigenvalue weighted by Crippen LogP contribution is 2.29. The van der Waals surface area contributed by atoms with Gasteiger partial charge in [0.1, 0.15) is 5.82 Å². The number of anilines is 1. The second-order valence-corrected chi connectivity index (χ2v) is 4.86. The van der Waals surface area contributed by atoms with Crippen LogP contribution in [0.1, 0.15) is 29.6 Å². The van der Waals surface area contributed by atoms with E-state index in [0.29, 0.717) is 23.7 Å². The van der Waals surface area contributed by atoms with E-state index in [1.54, 1.807) is 0 Å². The fraction of sp³-hybridized carbons (Fsp3) is 0.500. The van der Waals surface area contributed by atoms with Crippen LogP contribution in [0.25, 0.3) is 0 Å². The Morgan fingerprint density at radius 1 is 1.53 bits per heavy atom. The van der Waals surface area contributed by atoms with Crippen molar-refractivity contribution in [2.75, 3.05) is 19.0 Å². The van der Waals surface area contributed by atoms with Gasteiger partial charge in [0.05, 0.1) is 18.4 Å². The Hall–Kier alpha value is -1.62. The van der Waals surface area contributed by atoms with Crippen LogP contribution in [0.3, 0.4) is 0 Å². The Morgan fingerprint density at radius 2 is 2.32 bits per heavy atom. The molecule has 0 radical (unpaired) electrons. The van der Waals surface area contributed by atoms with Gasteiger partial charge in [-0.25, -0.2) is 9.18 Å². The first-order valence-corrected chi connectivity index (χ1v) is 6.50. The van der Waals surface area contributed by atoms with Crippen LogP contribution in [0.2, 0.25) is 0 Å². The lowest BCUT2D eigenvalue weighted by Gasteiger charge is -2.21. The van der Waals surface area contributed by atoms with Crippen molar-refractivity contribution in [3.05, 3.63) is 29.6 Å². The van der Waals surface area contributed by atoms with Crippen molar-refractivity contribution < 1.29 is 13.9 Å².